The third-order valence-electron chi connectivity index (χ3n) is 9.01. The molecule has 1 saturated carbocycles. The first-order valence-electron chi connectivity index (χ1n) is 14.4. The van der Waals surface area contributed by atoms with Gasteiger partial charge in [-0.3, -0.25) is 4.79 Å². The maximum absolute atomic E-state index is 15.1. The van der Waals surface area contributed by atoms with Crippen molar-refractivity contribution >= 4 is 5.97 Å². The van der Waals surface area contributed by atoms with Crippen LogP contribution in [0.25, 0.3) is 11.1 Å². The van der Waals surface area contributed by atoms with Gasteiger partial charge in [0.1, 0.15) is 23.9 Å². The number of benzene rings is 3. The minimum atomic E-state index is -0.316. The number of rotatable bonds is 8. The average Bonchev–Trinajstić information content (AvgIpc) is 2.95. The molecule has 2 aliphatic rings. The summed E-state index contributed by atoms with van der Waals surface area (Å²) < 4.78 is 38.0. The van der Waals surface area contributed by atoms with Crippen molar-refractivity contribution < 1.29 is 28.1 Å². The summed E-state index contributed by atoms with van der Waals surface area (Å²) in [6.07, 6.45) is 4.69. The number of carbonyl (C=O) groups is 1. The van der Waals surface area contributed by atoms with Crippen LogP contribution in [0.4, 0.5) is 4.39 Å². The van der Waals surface area contributed by atoms with E-state index >= 15 is 4.39 Å². The van der Waals surface area contributed by atoms with Gasteiger partial charge in [-0.15, -0.1) is 0 Å². The van der Waals surface area contributed by atoms with E-state index in [1.807, 2.05) is 18.2 Å². The van der Waals surface area contributed by atoms with E-state index in [9.17, 15) is 4.79 Å². The lowest BCUT2D eigenvalue weighted by molar-refractivity contribution is -0.153. The summed E-state index contributed by atoms with van der Waals surface area (Å²) in [4.78, 5) is 12.5. The quantitative estimate of drug-likeness (QED) is 0.262. The van der Waals surface area contributed by atoms with E-state index < -0.39 is 0 Å². The van der Waals surface area contributed by atoms with Gasteiger partial charge in [-0.1, -0.05) is 39.0 Å². The Balaban J connectivity index is 1.46. The number of esters is 1. The number of hydrogen-bond acceptors (Lipinski definition) is 5. The summed E-state index contributed by atoms with van der Waals surface area (Å²) in [7, 11) is 4.75. The van der Waals surface area contributed by atoms with Crippen molar-refractivity contribution in [3.05, 3.63) is 82.7 Å². The first kappa shape index (κ1) is 29.1. The molecule has 1 spiro atoms. The van der Waals surface area contributed by atoms with Gasteiger partial charge in [0.05, 0.1) is 26.2 Å². The predicted molar refractivity (Wildman–Crippen MR) is 158 cm³/mol. The zero-order chi connectivity index (χ0) is 29.4. The number of ether oxygens (including phenoxy) is 4. The van der Waals surface area contributed by atoms with E-state index in [4.69, 9.17) is 18.9 Å². The highest BCUT2D eigenvalue weighted by Crippen LogP contribution is 2.56. The highest BCUT2D eigenvalue weighted by atomic mass is 19.1. The molecule has 0 aliphatic heterocycles. The Labute approximate surface area is 243 Å². The zero-order valence-corrected chi connectivity index (χ0v) is 25.0. The van der Waals surface area contributed by atoms with Crippen LogP contribution in [0.2, 0.25) is 0 Å². The van der Waals surface area contributed by atoms with Gasteiger partial charge >= 0.3 is 5.97 Å². The molecular weight excluding hydrogens is 519 g/mol. The molecule has 0 heterocycles. The van der Waals surface area contributed by atoms with Crippen LogP contribution in [0.1, 0.15) is 74.8 Å². The first-order chi connectivity index (χ1) is 19.6. The van der Waals surface area contributed by atoms with Gasteiger partial charge < -0.3 is 18.9 Å². The Hall–Kier alpha value is -3.38. The fourth-order valence-corrected chi connectivity index (χ4v) is 6.92. The Kier molecular flexibility index (Phi) is 8.15. The lowest BCUT2D eigenvalue weighted by Gasteiger charge is -2.51. The lowest BCUT2D eigenvalue weighted by Crippen LogP contribution is -2.50. The largest absolute Gasteiger partial charge is 0.497 e. The second-order valence-corrected chi connectivity index (χ2v) is 12.5. The van der Waals surface area contributed by atoms with E-state index in [1.54, 1.807) is 26.4 Å². The highest BCUT2D eigenvalue weighted by molar-refractivity contribution is 5.76. The number of aryl methyl sites for hydroxylation is 1. The SMILES string of the molecule is COC(=O)[C@H]1CC[C@]12CCCc1ccc(OCc3ccc(-c4cc(OC)ccc4F)c([C@@H](OC)C(C)(C)C)c3)cc12. The number of halogens is 1. The van der Waals surface area contributed by atoms with E-state index in [2.05, 4.69) is 39.0 Å². The number of methoxy groups -OCH3 is 3. The molecule has 3 aromatic carbocycles. The summed E-state index contributed by atoms with van der Waals surface area (Å²) in [5, 5.41) is 0. The van der Waals surface area contributed by atoms with Crippen molar-refractivity contribution in [2.24, 2.45) is 11.3 Å². The lowest BCUT2D eigenvalue weighted by atomic mass is 9.52. The van der Waals surface area contributed by atoms with Crippen LogP contribution in [-0.4, -0.2) is 27.3 Å². The summed E-state index contributed by atoms with van der Waals surface area (Å²) in [6, 6.07) is 17.1. The topological polar surface area (TPSA) is 54.0 Å². The molecule has 6 heteroatoms. The van der Waals surface area contributed by atoms with Crippen molar-refractivity contribution in [1.82, 2.24) is 0 Å². The van der Waals surface area contributed by atoms with Crippen LogP contribution in [0.5, 0.6) is 11.5 Å². The monoisotopic (exact) mass is 560 g/mol. The van der Waals surface area contributed by atoms with Gasteiger partial charge in [0.25, 0.3) is 0 Å². The minimum absolute atomic E-state index is 0.0858. The molecule has 0 unspecified atom stereocenters. The Morgan fingerprint density at radius 2 is 1.76 bits per heavy atom. The molecule has 0 N–H and O–H groups in total. The smallest absolute Gasteiger partial charge is 0.309 e. The third kappa shape index (κ3) is 5.46. The van der Waals surface area contributed by atoms with Crippen molar-refractivity contribution in [3.8, 4) is 22.6 Å². The standard InChI is InChI=1S/C35H41FO5/c1-34(2,3)32(39-5)28-18-22(9-13-26(28)27-19-24(38-4)12-14-31(27)36)21-41-25-11-10-23-8-7-16-35(30(23)20-25)17-15-29(35)33(37)40-6/h9-14,18-20,29,32H,7-8,15-17,21H2,1-6H3/t29-,32-,35-/m1/s1. The Bertz CT molecular complexity index is 1420. The summed E-state index contributed by atoms with van der Waals surface area (Å²) >= 11 is 0. The number of carbonyl (C=O) groups excluding carboxylic acids is 1. The molecule has 0 aromatic heterocycles. The van der Waals surface area contributed by atoms with Crippen LogP contribution < -0.4 is 9.47 Å². The second kappa shape index (κ2) is 11.5. The van der Waals surface area contributed by atoms with Crippen molar-refractivity contribution in [1.29, 1.82) is 0 Å². The summed E-state index contributed by atoms with van der Waals surface area (Å²) in [5.74, 6) is 0.864. The molecule has 0 bridgehead atoms. The van der Waals surface area contributed by atoms with E-state index in [0.717, 1.165) is 54.5 Å². The summed E-state index contributed by atoms with van der Waals surface area (Å²) in [6.45, 7) is 6.68. The second-order valence-electron chi connectivity index (χ2n) is 12.5. The number of fused-ring (bicyclic) bond motifs is 2. The molecule has 0 amide bonds. The predicted octanol–water partition coefficient (Wildman–Crippen LogP) is 7.97. The third-order valence-corrected chi connectivity index (χ3v) is 9.01. The van der Waals surface area contributed by atoms with Crippen molar-refractivity contribution in [3.63, 3.8) is 0 Å². The van der Waals surface area contributed by atoms with Gasteiger partial charge in [0.15, 0.2) is 0 Å². The van der Waals surface area contributed by atoms with E-state index in [0.29, 0.717) is 17.9 Å². The molecule has 1 fully saturated rings. The summed E-state index contributed by atoms with van der Waals surface area (Å²) in [5.41, 5.74) is 5.25. The molecule has 3 aromatic rings. The van der Waals surface area contributed by atoms with Crippen molar-refractivity contribution in [2.45, 2.75) is 71.0 Å². The van der Waals surface area contributed by atoms with Gasteiger partial charge in [-0.05, 0) is 102 Å². The van der Waals surface area contributed by atoms with Crippen LogP contribution >= 0.6 is 0 Å². The fourth-order valence-electron chi connectivity index (χ4n) is 6.92. The molecule has 3 atom stereocenters. The highest BCUT2D eigenvalue weighted by Gasteiger charge is 2.53. The molecule has 5 nitrogen and oxygen atoms in total. The van der Waals surface area contributed by atoms with Crippen LogP contribution in [-0.2, 0) is 32.7 Å². The average molecular weight is 561 g/mol. The molecule has 218 valence electrons. The molecule has 2 aliphatic carbocycles. The maximum Gasteiger partial charge on any atom is 0.309 e. The fraction of sp³-hybridized carbons (Fsp3) is 0.457. The van der Waals surface area contributed by atoms with E-state index in [1.165, 1.54) is 24.3 Å². The molecule has 41 heavy (non-hydrogen) atoms. The van der Waals surface area contributed by atoms with Crippen LogP contribution in [0, 0.1) is 17.2 Å². The van der Waals surface area contributed by atoms with Gasteiger partial charge in [0, 0.05) is 18.1 Å². The van der Waals surface area contributed by atoms with Gasteiger partial charge in [-0.2, -0.15) is 0 Å². The molecular formula is C35H41FO5. The molecule has 5 rings (SSSR count). The first-order valence-corrected chi connectivity index (χ1v) is 14.4. The Morgan fingerprint density at radius 1 is 0.976 bits per heavy atom. The van der Waals surface area contributed by atoms with Gasteiger partial charge in [-0.25, -0.2) is 4.39 Å². The van der Waals surface area contributed by atoms with Crippen LogP contribution in [0.3, 0.4) is 0 Å². The van der Waals surface area contributed by atoms with Crippen molar-refractivity contribution in [2.75, 3.05) is 21.3 Å². The maximum atomic E-state index is 15.1. The normalized spacial score (nSPS) is 20.6. The van der Waals surface area contributed by atoms with E-state index in [-0.39, 0.29) is 34.6 Å². The minimum Gasteiger partial charge on any atom is -0.497 e. The van der Waals surface area contributed by atoms with Gasteiger partial charge in [0.2, 0.25) is 0 Å². The number of hydrogen-bond donors (Lipinski definition) is 0. The Morgan fingerprint density at radius 3 is 2.41 bits per heavy atom. The molecule has 0 radical (unpaired) electrons. The van der Waals surface area contributed by atoms with Crippen LogP contribution in [0.15, 0.2) is 54.6 Å². The zero-order valence-electron chi connectivity index (χ0n) is 25.0. The molecule has 0 saturated heterocycles.